The van der Waals surface area contributed by atoms with Crippen LogP contribution >= 0.6 is 0 Å². The summed E-state index contributed by atoms with van der Waals surface area (Å²) in [5, 5.41) is 3.97. The Balaban J connectivity index is 1.67. The molecule has 2 N–H and O–H groups in total. The van der Waals surface area contributed by atoms with Crippen LogP contribution in [0.25, 0.3) is 16.8 Å². The fraction of sp³-hybridized carbons (Fsp3) is 0.429. The van der Waals surface area contributed by atoms with Crippen LogP contribution in [-0.2, 0) is 0 Å². The second-order valence-electron chi connectivity index (χ2n) is 8.15. The molecule has 1 saturated carbocycles. The van der Waals surface area contributed by atoms with Gasteiger partial charge in [0.15, 0.2) is 5.65 Å². The number of rotatable bonds is 3. The minimum atomic E-state index is -2.73. The average molecular weight is 401 g/mol. The summed E-state index contributed by atoms with van der Waals surface area (Å²) in [4.78, 5) is 4.20. The van der Waals surface area contributed by atoms with Gasteiger partial charge in [0.25, 0.3) is 6.43 Å². The second-order valence-corrected chi connectivity index (χ2v) is 8.15. The van der Waals surface area contributed by atoms with Crippen molar-refractivity contribution in [2.24, 2.45) is 11.8 Å². The van der Waals surface area contributed by atoms with Crippen molar-refractivity contribution in [1.29, 1.82) is 0 Å². The molecular formula is C21H22F3N5. The third kappa shape index (κ3) is 3.20. The summed E-state index contributed by atoms with van der Waals surface area (Å²) in [7, 11) is 0. The van der Waals surface area contributed by atoms with Crippen molar-refractivity contribution in [2.75, 3.05) is 6.54 Å². The molecule has 0 bridgehead atoms. The zero-order chi connectivity index (χ0) is 20.1. The molecule has 1 aliphatic carbocycles. The van der Waals surface area contributed by atoms with Crippen molar-refractivity contribution >= 4 is 5.65 Å². The summed E-state index contributed by atoms with van der Waals surface area (Å²) in [5.74, 6) is 0.270. The number of nitrogens with one attached hydrogen (secondary N) is 2. The highest BCUT2D eigenvalue weighted by molar-refractivity contribution is 5.74. The van der Waals surface area contributed by atoms with E-state index >= 15 is 0 Å². The third-order valence-electron chi connectivity index (χ3n) is 6.32. The Hall–Kier alpha value is -2.45. The molecule has 2 fully saturated rings. The van der Waals surface area contributed by atoms with Gasteiger partial charge in [-0.05, 0) is 59.9 Å². The maximum atomic E-state index is 13.5. The number of halogens is 3. The SMILES string of the molecule is CC1CC(c2c(-c3ccc(F)cc3)ccn3nc(C(F)F)nc23)CC2CNNC12. The summed E-state index contributed by atoms with van der Waals surface area (Å²) < 4.78 is 41.5. The maximum Gasteiger partial charge on any atom is 0.299 e. The van der Waals surface area contributed by atoms with Crippen LogP contribution in [0.15, 0.2) is 36.5 Å². The zero-order valence-electron chi connectivity index (χ0n) is 15.9. The van der Waals surface area contributed by atoms with Crippen molar-refractivity contribution in [2.45, 2.75) is 38.2 Å². The van der Waals surface area contributed by atoms with E-state index in [0.717, 1.165) is 36.1 Å². The first-order valence-corrected chi connectivity index (χ1v) is 9.93. The Morgan fingerprint density at radius 3 is 2.69 bits per heavy atom. The summed E-state index contributed by atoms with van der Waals surface area (Å²) in [6.45, 7) is 3.10. The van der Waals surface area contributed by atoms with E-state index in [4.69, 9.17) is 0 Å². The summed E-state index contributed by atoms with van der Waals surface area (Å²) in [6.07, 6.45) is 0.778. The predicted octanol–water partition coefficient (Wildman–Crippen LogP) is 4.08. The lowest BCUT2D eigenvalue weighted by Crippen LogP contribution is -2.41. The quantitative estimate of drug-likeness (QED) is 0.695. The van der Waals surface area contributed by atoms with Gasteiger partial charge in [-0.25, -0.2) is 22.7 Å². The molecule has 4 atom stereocenters. The van der Waals surface area contributed by atoms with Crippen LogP contribution in [0.5, 0.6) is 0 Å². The van der Waals surface area contributed by atoms with Crippen molar-refractivity contribution in [3.63, 3.8) is 0 Å². The molecule has 5 rings (SSSR count). The van der Waals surface area contributed by atoms with E-state index in [1.807, 2.05) is 6.07 Å². The molecular weight excluding hydrogens is 379 g/mol. The van der Waals surface area contributed by atoms with E-state index in [2.05, 4.69) is 27.9 Å². The number of nitrogens with zero attached hydrogens (tertiary/aromatic N) is 3. The lowest BCUT2D eigenvalue weighted by atomic mass is 9.70. The number of hydrazine groups is 1. The standard InChI is InChI=1S/C21H22F3N5/c1-11-8-13(9-14-10-25-27-18(11)14)17-16(12-2-4-15(22)5-3-12)6-7-29-21(17)26-20(28-29)19(23)24/h2-7,11,13-14,18-19,25,27H,8-10H2,1H3. The van der Waals surface area contributed by atoms with Crippen molar-refractivity contribution in [3.8, 4) is 11.1 Å². The van der Waals surface area contributed by atoms with Gasteiger partial charge in [-0.3, -0.25) is 10.9 Å². The normalized spacial score (nSPS) is 26.9. The first-order chi connectivity index (χ1) is 14.0. The molecule has 0 amide bonds. The Labute approximate surface area is 166 Å². The van der Waals surface area contributed by atoms with Crippen LogP contribution in [0.3, 0.4) is 0 Å². The van der Waals surface area contributed by atoms with Crippen LogP contribution in [0.1, 0.15) is 43.5 Å². The van der Waals surface area contributed by atoms with Gasteiger partial charge in [-0.15, -0.1) is 5.10 Å². The van der Waals surface area contributed by atoms with E-state index in [1.54, 1.807) is 18.3 Å². The summed E-state index contributed by atoms with van der Waals surface area (Å²) in [5.41, 5.74) is 9.77. The predicted molar refractivity (Wildman–Crippen MR) is 103 cm³/mol. The zero-order valence-corrected chi connectivity index (χ0v) is 15.9. The molecule has 2 aromatic heterocycles. The fourth-order valence-electron chi connectivity index (χ4n) is 5.04. The van der Waals surface area contributed by atoms with Gasteiger partial charge < -0.3 is 0 Å². The van der Waals surface area contributed by atoms with Gasteiger partial charge in [0.05, 0.1) is 0 Å². The molecule has 8 heteroatoms. The van der Waals surface area contributed by atoms with Gasteiger partial charge in [-0.1, -0.05) is 19.1 Å². The number of alkyl halides is 2. The van der Waals surface area contributed by atoms with Crippen LogP contribution in [-0.4, -0.2) is 27.2 Å². The van der Waals surface area contributed by atoms with Crippen LogP contribution in [0.2, 0.25) is 0 Å². The minimum Gasteiger partial charge on any atom is -0.257 e. The van der Waals surface area contributed by atoms with E-state index in [1.165, 1.54) is 16.6 Å². The first kappa shape index (κ1) is 18.6. The highest BCUT2D eigenvalue weighted by atomic mass is 19.3. The molecule has 0 spiro atoms. The van der Waals surface area contributed by atoms with Crippen molar-refractivity contribution in [1.82, 2.24) is 25.4 Å². The molecule has 1 aliphatic heterocycles. The maximum absolute atomic E-state index is 13.5. The molecule has 29 heavy (non-hydrogen) atoms. The first-order valence-electron chi connectivity index (χ1n) is 9.93. The molecule has 1 saturated heterocycles. The van der Waals surface area contributed by atoms with E-state index in [-0.39, 0.29) is 11.7 Å². The van der Waals surface area contributed by atoms with Gasteiger partial charge >= 0.3 is 0 Å². The van der Waals surface area contributed by atoms with Gasteiger partial charge in [0, 0.05) is 24.3 Å². The highest BCUT2D eigenvalue weighted by Gasteiger charge is 2.40. The topological polar surface area (TPSA) is 54.2 Å². The molecule has 1 aromatic carbocycles. The number of hydrogen-bond acceptors (Lipinski definition) is 4. The number of aromatic nitrogens is 3. The van der Waals surface area contributed by atoms with E-state index in [0.29, 0.717) is 23.5 Å². The van der Waals surface area contributed by atoms with Gasteiger partial charge in [-0.2, -0.15) is 0 Å². The smallest absolute Gasteiger partial charge is 0.257 e. The Morgan fingerprint density at radius 1 is 1.14 bits per heavy atom. The number of pyridine rings is 1. The fourth-order valence-corrected chi connectivity index (χ4v) is 5.04. The van der Waals surface area contributed by atoms with Gasteiger partial charge in [0.1, 0.15) is 5.82 Å². The summed E-state index contributed by atoms with van der Waals surface area (Å²) in [6, 6.07) is 8.58. The van der Waals surface area contributed by atoms with Crippen LogP contribution < -0.4 is 10.9 Å². The summed E-state index contributed by atoms with van der Waals surface area (Å²) >= 11 is 0. The Bertz CT molecular complexity index is 1030. The largest absolute Gasteiger partial charge is 0.299 e. The highest BCUT2D eigenvalue weighted by Crippen LogP contribution is 2.45. The molecule has 4 unspecified atom stereocenters. The van der Waals surface area contributed by atoms with Crippen molar-refractivity contribution < 1.29 is 13.2 Å². The molecule has 5 nitrogen and oxygen atoms in total. The van der Waals surface area contributed by atoms with E-state index < -0.39 is 12.2 Å². The van der Waals surface area contributed by atoms with Crippen LogP contribution in [0.4, 0.5) is 13.2 Å². The van der Waals surface area contributed by atoms with E-state index in [9.17, 15) is 13.2 Å². The molecule has 152 valence electrons. The number of benzene rings is 1. The lowest BCUT2D eigenvalue weighted by molar-refractivity contribution is 0.140. The lowest BCUT2D eigenvalue weighted by Gasteiger charge is -2.37. The molecule has 3 aromatic rings. The van der Waals surface area contributed by atoms with Gasteiger partial charge in [0.2, 0.25) is 5.82 Å². The Morgan fingerprint density at radius 2 is 1.93 bits per heavy atom. The molecule has 2 aliphatic rings. The second kappa shape index (κ2) is 7.11. The van der Waals surface area contributed by atoms with Crippen LogP contribution in [0, 0.1) is 17.7 Å². The minimum absolute atomic E-state index is 0.159. The molecule has 0 radical (unpaired) electrons. The average Bonchev–Trinajstić information content (AvgIpc) is 3.35. The molecule has 3 heterocycles. The number of hydrogen-bond donors (Lipinski definition) is 2. The number of fused-ring (bicyclic) bond motifs is 2. The Kier molecular flexibility index (Phi) is 4.55. The third-order valence-corrected chi connectivity index (χ3v) is 6.32. The van der Waals surface area contributed by atoms with Crippen molar-refractivity contribution in [3.05, 3.63) is 53.7 Å². The monoisotopic (exact) mass is 401 g/mol.